The van der Waals surface area contributed by atoms with Gasteiger partial charge in [0.05, 0.1) is 5.69 Å². The molecule has 1 fully saturated rings. The Morgan fingerprint density at radius 3 is 3.18 bits per heavy atom. The van der Waals surface area contributed by atoms with Crippen LogP contribution in [-0.2, 0) is 6.54 Å². The van der Waals surface area contributed by atoms with Gasteiger partial charge in [-0.1, -0.05) is 11.4 Å². The Morgan fingerprint density at radius 1 is 1.59 bits per heavy atom. The van der Waals surface area contributed by atoms with Crippen LogP contribution >= 0.6 is 23.9 Å². The molecule has 0 amide bonds. The van der Waals surface area contributed by atoms with E-state index in [2.05, 4.69) is 26.7 Å². The van der Waals surface area contributed by atoms with Crippen LogP contribution in [-0.4, -0.2) is 40.7 Å². The molecule has 0 aliphatic carbocycles. The maximum absolute atomic E-state index is 4.01. The Labute approximate surface area is 113 Å². The molecule has 17 heavy (non-hydrogen) atoms. The molecule has 1 aromatic rings. The first-order chi connectivity index (χ1) is 7.84. The van der Waals surface area contributed by atoms with Gasteiger partial charge in [0.25, 0.3) is 0 Å². The molecule has 1 aliphatic rings. The fourth-order valence-electron chi connectivity index (χ4n) is 2.20. The number of aromatic nitrogens is 2. The topological polar surface area (TPSA) is 41.0 Å². The molecule has 1 N–H and O–H groups in total. The summed E-state index contributed by atoms with van der Waals surface area (Å²) in [4.78, 5) is 2.56. The summed E-state index contributed by atoms with van der Waals surface area (Å²) in [5.74, 6) is 0.872. The summed E-state index contributed by atoms with van der Waals surface area (Å²) >= 11 is 1.41. The van der Waals surface area contributed by atoms with Gasteiger partial charge >= 0.3 is 0 Å². The second kappa shape index (κ2) is 7.97. The van der Waals surface area contributed by atoms with E-state index < -0.39 is 0 Å². The number of rotatable bonds is 5. The van der Waals surface area contributed by atoms with E-state index in [1.165, 1.54) is 37.5 Å². The molecular weight excluding hydrogens is 256 g/mol. The van der Waals surface area contributed by atoms with Gasteiger partial charge in [0.1, 0.15) is 0 Å². The summed E-state index contributed by atoms with van der Waals surface area (Å²) in [6.07, 6.45) is 2.76. The number of halogens is 1. The van der Waals surface area contributed by atoms with E-state index >= 15 is 0 Å². The molecule has 0 radical (unpaired) electrons. The van der Waals surface area contributed by atoms with Gasteiger partial charge < -0.3 is 10.2 Å². The third-order valence-corrected chi connectivity index (χ3v) is 3.61. The van der Waals surface area contributed by atoms with Crippen molar-refractivity contribution in [3.8, 4) is 0 Å². The highest BCUT2D eigenvalue weighted by atomic mass is 35.5. The SMILES string of the molecule is CC1CCCN(CCNCc2csnn2)C1.Cl. The normalized spacial score (nSPS) is 21.1. The highest BCUT2D eigenvalue weighted by molar-refractivity contribution is 7.03. The second-order valence-electron chi connectivity index (χ2n) is 4.62. The van der Waals surface area contributed by atoms with Crippen molar-refractivity contribution in [1.29, 1.82) is 0 Å². The Kier molecular flexibility index (Phi) is 6.96. The standard InChI is InChI=1S/C11H20N4S.ClH/c1-10-3-2-5-15(8-10)6-4-12-7-11-9-16-14-13-11;/h9-10,12H,2-8H2,1H3;1H. The molecule has 1 saturated heterocycles. The zero-order chi connectivity index (χ0) is 11.2. The molecule has 1 atom stereocenters. The quantitative estimate of drug-likeness (QED) is 0.833. The molecule has 1 aromatic heterocycles. The van der Waals surface area contributed by atoms with E-state index in [0.717, 1.165) is 31.2 Å². The number of nitrogens with one attached hydrogen (secondary N) is 1. The monoisotopic (exact) mass is 276 g/mol. The average Bonchev–Trinajstić information content (AvgIpc) is 2.77. The van der Waals surface area contributed by atoms with Crippen molar-refractivity contribution in [2.24, 2.45) is 5.92 Å². The summed E-state index contributed by atoms with van der Waals surface area (Å²) in [7, 11) is 0. The van der Waals surface area contributed by atoms with Crippen LogP contribution < -0.4 is 5.32 Å². The van der Waals surface area contributed by atoms with Crippen LogP contribution in [0.4, 0.5) is 0 Å². The molecule has 1 unspecified atom stereocenters. The minimum Gasteiger partial charge on any atom is -0.310 e. The maximum atomic E-state index is 4.01. The van der Waals surface area contributed by atoms with Crippen LogP contribution in [0.15, 0.2) is 5.38 Å². The Morgan fingerprint density at radius 2 is 2.47 bits per heavy atom. The van der Waals surface area contributed by atoms with Crippen molar-refractivity contribution in [2.45, 2.75) is 26.3 Å². The van der Waals surface area contributed by atoms with Gasteiger partial charge in [0.2, 0.25) is 0 Å². The van der Waals surface area contributed by atoms with Gasteiger partial charge in [-0.2, -0.15) is 0 Å². The lowest BCUT2D eigenvalue weighted by Gasteiger charge is -2.30. The lowest BCUT2D eigenvalue weighted by Crippen LogP contribution is -2.38. The summed E-state index contributed by atoms with van der Waals surface area (Å²) in [6.45, 7) is 7.93. The predicted octanol–water partition coefficient (Wildman–Crippen LogP) is 1.78. The molecule has 98 valence electrons. The van der Waals surface area contributed by atoms with Gasteiger partial charge in [-0.25, -0.2) is 0 Å². The van der Waals surface area contributed by atoms with Gasteiger partial charge in [-0.15, -0.1) is 17.5 Å². The minimum absolute atomic E-state index is 0. The molecule has 0 aromatic carbocycles. The predicted molar refractivity (Wildman–Crippen MR) is 73.7 cm³/mol. The number of hydrogen-bond acceptors (Lipinski definition) is 5. The molecule has 0 bridgehead atoms. The van der Waals surface area contributed by atoms with Gasteiger partial charge in [0.15, 0.2) is 0 Å². The first-order valence-electron chi connectivity index (χ1n) is 6.03. The van der Waals surface area contributed by atoms with Crippen molar-refractivity contribution in [3.63, 3.8) is 0 Å². The van der Waals surface area contributed by atoms with Crippen LogP contribution in [0.1, 0.15) is 25.5 Å². The van der Waals surface area contributed by atoms with Gasteiger partial charge in [-0.05, 0) is 36.8 Å². The summed E-state index contributed by atoms with van der Waals surface area (Å²) in [5, 5.41) is 9.41. The molecule has 0 spiro atoms. The fourth-order valence-corrected chi connectivity index (χ4v) is 2.66. The maximum Gasteiger partial charge on any atom is 0.0893 e. The van der Waals surface area contributed by atoms with Crippen molar-refractivity contribution < 1.29 is 0 Å². The largest absolute Gasteiger partial charge is 0.310 e. The third-order valence-electron chi connectivity index (χ3n) is 3.06. The zero-order valence-corrected chi connectivity index (χ0v) is 11.9. The lowest BCUT2D eigenvalue weighted by atomic mass is 10.0. The first kappa shape index (κ1) is 14.8. The summed E-state index contributed by atoms with van der Waals surface area (Å²) < 4.78 is 3.84. The number of piperidine rings is 1. The van der Waals surface area contributed by atoms with Gasteiger partial charge in [0, 0.05) is 31.6 Å². The van der Waals surface area contributed by atoms with Crippen LogP contribution in [0.3, 0.4) is 0 Å². The van der Waals surface area contributed by atoms with Crippen LogP contribution in [0.2, 0.25) is 0 Å². The summed E-state index contributed by atoms with van der Waals surface area (Å²) in [6, 6.07) is 0. The third kappa shape index (κ3) is 5.29. The van der Waals surface area contributed by atoms with E-state index in [0.29, 0.717) is 0 Å². The average molecular weight is 277 g/mol. The van der Waals surface area contributed by atoms with E-state index in [1.54, 1.807) is 0 Å². The van der Waals surface area contributed by atoms with E-state index in [1.807, 2.05) is 5.38 Å². The number of nitrogens with zero attached hydrogens (tertiary/aromatic N) is 3. The molecule has 1 aliphatic heterocycles. The molecule has 2 heterocycles. The Hall–Kier alpha value is -0.230. The lowest BCUT2D eigenvalue weighted by molar-refractivity contribution is 0.184. The highest BCUT2D eigenvalue weighted by Crippen LogP contribution is 2.14. The number of hydrogen-bond donors (Lipinski definition) is 1. The minimum atomic E-state index is 0. The van der Waals surface area contributed by atoms with E-state index in [-0.39, 0.29) is 12.4 Å². The van der Waals surface area contributed by atoms with Crippen LogP contribution in [0.5, 0.6) is 0 Å². The van der Waals surface area contributed by atoms with E-state index in [4.69, 9.17) is 0 Å². The molecule has 6 heteroatoms. The molecule has 4 nitrogen and oxygen atoms in total. The Balaban J connectivity index is 0.00000144. The molecule has 0 saturated carbocycles. The van der Waals surface area contributed by atoms with Gasteiger partial charge in [-0.3, -0.25) is 0 Å². The summed E-state index contributed by atoms with van der Waals surface area (Å²) in [5.41, 5.74) is 1.05. The first-order valence-corrected chi connectivity index (χ1v) is 6.87. The van der Waals surface area contributed by atoms with Crippen molar-refractivity contribution in [1.82, 2.24) is 19.8 Å². The highest BCUT2D eigenvalue weighted by Gasteiger charge is 2.15. The van der Waals surface area contributed by atoms with E-state index in [9.17, 15) is 0 Å². The zero-order valence-electron chi connectivity index (χ0n) is 10.3. The molecule has 2 rings (SSSR count). The smallest absolute Gasteiger partial charge is 0.0893 e. The molecular formula is C11H21ClN4S. The van der Waals surface area contributed by atoms with Crippen molar-refractivity contribution in [3.05, 3.63) is 11.1 Å². The number of likely N-dealkylation sites (tertiary alicyclic amines) is 1. The second-order valence-corrected chi connectivity index (χ2v) is 5.23. The van der Waals surface area contributed by atoms with Crippen LogP contribution in [0, 0.1) is 5.92 Å². The van der Waals surface area contributed by atoms with Crippen molar-refractivity contribution >= 4 is 23.9 Å². The fraction of sp³-hybridized carbons (Fsp3) is 0.818. The Bertz CT molecular complexity index is 294. The van der Waals surface area contributed by atoms with Crippen molar-refractivity contribution in [2.75, 3.05) is 26.2 Å². The van der Waals surface area contributed by atoms with Crippen LogP contribution in [0.25, 0.3) is 0 Å².